The molecule has 0 fully saturated rings. The Bertz CT molecular complexity index is 478. The summed E-state index contributed by atoms with van der Waals surface area (Å²) in [5.74, 6) is 0. The fourth-order valence-corrected chi connectivity index (χ4v) is 1.20. The van der Waals surface area contributed by atoms with Crippen molar-refractivity contribution in [2.75, 3.05) is 0 Å². The Morgan fingerprint density at radius 3 is 2.92 bits per heavy atom. The monoisotopic (exact) mass is 180 g/mol. The topological polar surface area (TPSA) is 34.9 Å². The number of nitrogens with zero attached hydrogens (tertiary/aromatic N) is 2. The molecule has 2 rings (SSSR count). The minimum absolute atomic E-state index is 0.283. The van der Waals surface area contributed by atoms with Crippen molar-refractivity contribution in [1.29, 1.82) is 0 Å². The first-order chi connectivity index (χ1) is 5.79. The van der Waals surface area contributed by atoms with Gasteiger partial charge in [0.15, 0.2) is 0 Å². The minimum atomic E-state index is -0.283. The summed E-state index contributed by atoms with van der Waals surface area (Å²) in [5, 5.41) is 5.07. The van der Waals surface area contributed by atoms with E-state index >= 15 is 0 Å². The van der Waals surface area contributed by atoms with E-state index in [1.54, 1.807) is 18.3 Å². The summed E-state index contributed by atoms with van der Waals surface area (Å²) in [6.45, 7) is 0. The minimum Gasteiger partial charge on any atom is -0.266 e. The van der Waals surface area contributed by atoms with E-state index in [9.17, 15) is 4.79 Å². The molecule has 1 heterocycles. The van der Waals surface area contributed by atoms with Crippen LogP contribution in [0.15, 0.2) is 35.3 Å². The maximum Gasteiger partial charge on any atom is 0.289 e. The van der Waals surface area contributed by atoms with Crippen molar-refractivity contribution < 1.29 is 0 Å². The zero-order valence-corrected chi connectivity index (χ0v) is 6.82. The number of benzene rings is 1. The van der Waals surface area contributed by atoms with Gasteiger partial charge in [-0.05, 0) is 6.07 Å². The molecule has 0 saturated carbocycles. The Labute approximate surface area is 73.3 Å². The first-order valence-corrected chi connectivity index (χ1v) is 3.76. The molecule has 4 heteroatoms. The van der Waals surface area contributed by atoms with E-state index in [0.29, 0.717) is 5.39 Å². The standard InChI is InChI=1S/C8H5ClN2O/c9-11-8(12)7-4-2-1-3-6(7)5-10-11/h1-5H. The van der Waals surface area contributed by atoms with Gasteiger partial charge in [-0.15, -0.1) is 4.20 Å². The van der Waals surface area contributed by atoms with Crippen molar-refractivity contribution in [3.8, 4) is 0 Å². The van der Waals surface area contributed by atoms with Gasteiger partial charge in [-0.2, -0.15) is 5.10 Å². The van der Waals surface area contributed by atoms with Gasteiger partial charge in [-0.25, -0.2) is 0 Å². The summed E-state index contributed by atoms with van der Waals surface area (Å²) >= 11 is 5.48. The van der Waals surface area contributed by atoms with Gasteiger partial charge in [0.1, 0.15) is 0 Å². The second-order valence-corrected chi connectivity index (χ2v) is 2.72. The molecule has 0 atom stereocenters. The van der Waals surface area contributed by atoms with E-state index in [-0.39, 0.29) is 5.56 Å². The normalized spacial score (nSPS) is 10.4. The van der Waals surface area contributed by atoms with Crippen LogP contribution in [0.2, 0.25) is 0 Å². The molecule has 12 heavy (non-hydrogen) atoms. The van der Waals surface area contributed by atoms with Crippen molar-refractivity contribution in [1.82, 2.24) is 9.30 Å². The molecule has 0 aliphatic heterocycles. The number of fused-ring (bicyclic) bond motifs is 1. The lowest BCUT2D eigenvalue weighted by molar-refractivity contribution is 0.921. The molecule has 0 saturated heterocycles. The van der Waals surface area contributed by atoms with Crippen LogP contribution < -0.4 is 5.56 Å². The van der Waals surface area contributed by atoms with Crippen LogP contribution in [0.5, 0.6) is 0 Å². The zero-order chi connectivity index (χ0) is 8.55. The van der Waals surface area contributed by atoms with Crippen molar-refractivity contribution in [2.45, 2.75) is 0 Å². The number of hydrogen-bond donors (Lipinski definition) is 0. The van der Waals surface area contributed by atoms with E-state index in [1.807, 2.05) is 12.1 Å². The molecule has 0 aliphatic carbocycles. The molecule has 0 bridgehead atoms. The highest BCUT2D eigenvalue weighted by Crippen LogP contribution is 2.06. The van der Waals surface area contributed by atoms with Crippen molar-refractivity contribution in [3.05, 3.63) is 40.8 Å². The molecular weight excluding hydrogens is 176 g/mol. The van der Waals surface area contributed by atoms with Gasteiger partial charge in [0, 0.05) is 17.2 Å². The van der Waals surface area contributed by atoms with Gasteiger partial charge in [-0.3, -0.25) is 4.79 Å². The molecule has 1 aromatic heterocycles. The van der Waals surface area contributed by atoms with Crippen LogP contribution in [0, 0.1) is 0 Å². The molecule has 1 aromatic carbocycles. The molecular formula is C8H5ClN2O. The summed E-state index contributed by atoms with van der Waals surface area (Å²) < 4.78 is 0.808. The molecule has 0 unspecified atom stereocenters. The molecule has 60 valence electrons. The van der Waals surface area contributed by atoms with Crippen LogP contribution in [-0.4, -0.2) is 9.30 Å². The maximum absolute atomic E-state index is 11.3. The second kappa shape index (κ2) is 2.60. The van der Waals surface area contributed by atoms with Gasteiger partial charge in [0.05, 0.1) is 11.6 Å². The van der Waals surface area contributed by atoms with Crippen LogP contribution in [0.25, 0.3) is 10.8 Å². The lowest BCUT2D eigenvalue weighted by Gasteiger charge is -1.95. The van der Waals surface area contributed by atoms with E-state index < -0.39 is 0 Å². The summed E-state index contributed by atoms with van der Waals surface area (Å²) in [4.78, 5) is 11.3. The second-order valence-electron chi connectivity index (χ2n) is 2.40. The fraction of sp³-hybridized carbons (Fsp3) is 0. The first-order valence-electron chi connectivity index (χ1n) is 3.42. The summed E-state index contributed by atoms with van der Waals surface area (Å²) in [6, 6.07) is 7.18. The maximum atomic E-state index is 11.3. The summed E-state index contributed by atoms with van der Waals surface area (Å²) in [6.07, 6.45) is 1.56. The first kappa shape index (κ1) is 7.31. The SMILES string of the molecule is O=c1c2ccccc2cnn1Cl. The van der Waals surface area contributed by atoms with Crippen LogP contribution in [0.1, 0.15) is 0 Å². The Morgan fingerprint density at radius 1 is 1.33 bits per heavy atom. The third-order valence-electron chi connectivity index (χ3n) is 1.66. The van der Waals surface area contributed by atoms with Crippen molar-refractivity contribution >= 4 is 22.5 Å². The van der Waals surface area contributed by atoms with Crippen LogP contribution in [0.3, 0.4) is 0 Å². The van der Waals surface area contributed by atoms with Crippen LogP contribution in [0.4, 0.5) is 0 Å². The van der Waals surface area contributed by atoms with Crippen molar-refractivity contribution in [2.24, 2.45) is 0 Å². The smallest absolute Gasteiger partial charge is 0.266 e. The van der Waals surface area contributed by atoms with Crippen LogP contribution in [-0.2, 0) is 0 Å². The number of rotatable bonds is 0. The third kappa shape index (κ3) is 0.987. The van der Waals surface area contributed by atoms with Crippen molar-refractivity contribution in [3.63, 3.8) is 0 Å². The van der Waals surface area contributed by atoms with Gasteiger partial charge in [-0.1, -0.05) is 18.2 Å². The molecule has 0 spiro atoms. The number of halogens is 1. The number of hydrogen-bond acceptors (Lipinski definition) is 2. The Kier molecular flexibility index (Phi) is 1.59. The van der Waals surface area contributed by atoms with E-state index in [0.717, 1.165) is 9.59 Å². The average Bonchev–Trinajstić information content (AvgIpc) is 2.12. The highest BCUT2D eigenvalue weighted by molar-refractivity contribution is 6.15. The van der Waals surface area contributed by atoms with E-state index in [1.165, 1.54) is 0 Å². The molecule has 2 aromatic rings. The predicted molar refractivity (Wildman–Crippen MR) is 47.3 cm³/mol. The van der Waals surface area contributed by atoms with E-state index in [4.69, 9.17) is 11.8 Å². The Hall–Kier alpha value is -1.35. The van der Waals surface area contributed by atoms with Gasteiger partial charge in [0.25, 0.3) is 5.56 Å². The Balaban J connectivity index is 3.01. The van der Waals surface area contributed by atoms with Gasteiger partial charge >= 0.3 is 0 Å². The molecule has 0 N–H and O–H groups in total. The summed E-state index contributed by atoms with van der Waals surface area (Å²) in [7, 11) is 0. The molecule has 0 aliphatic rings. The molecule has 3 nitrogen and oxygen atoms in total. The van der Waals surface area contributed by atoms with Gasteiger partial charge in [0.2, 0.25) is 0 Å². The number of aromatic nitrogens is 2. The zero-order valence-electron chi connectivity index (χ0n) is 6.07. The average molecular weight is 181 g/mol. The Morgan fingerprint density at radius 2 is 2.08 bits per heavy atom. The molecule has 0 amide bonds. The summed E-state index contributed by atoms with van der Waals surface area (Å²) in [5.41, 5.74) is -0.283. The third-order valence-corrected chi connectivity index (χ3v) is 1.90. The highest BCUT2D eigenvalue weighted by atomic mass is 35.5. The van der Waals surface area contributed by atoms with Crippen LogP contribution >= 0.6 is 11.8 Å². The highest BCUT2D eigenvalue weighted by Gasteiger charge is 1.99. The fourth-order valence-electron chi connectivity index (χ4n) is 1.07. The van der Waals surface area contributed by atoms with Gasteiger partial charge < -0.3 is 0 Å². The lowest BCUT2D eigenvalue weighted by Crippen LogP contribution is -2.14. The largest absolute Gasteiger partial charge is 0.289 e. The molecule has 0 radical (unpaired) electrons. The quantitative estimate of drug-likeness (QED) is 0.614. The van der Waals surface area contributed by atoms with E-state index in [2.05, 4.69) is 5.10 Å². The predicted octanol–water partition coefficient (Wildman–Crippen LogP) is 1.40. The lowest BCUT2D eigenvalue weighted by atomic mass is 10.2.